The second-order valence-corrected chi connectivity index (χ2v) is 8.77. The molecule has 1 N–H and O–H groups in total. The lowest BCUT2D eigenvalue weighted by atomic mass is 9.97. The largest absolute Gasteiger partial charge is 0.462 e. The number of hydrogen-bond acceptors (Lipinski definition) is 7. The van der Waals surface area contributed by atoms with Crippen LogP contribution in [0, 0.1) is 5.92 Å². The van der Waals surface area contributed by atoms with Crippen molar-refractivity contribution < 1.29 is 18.8 Å². The number of benzene rings is 2. The minimum Gasteiger partial charge on any atom is -0.462 e. The van der Waals surface area contributed by atoms with Gasteiger partial charge in [-0.25, -0.2) is 4.79 Å². The topological polar surface area (TPSA) is 97.6 Å². The third kappa shape index (κ3) is 5.85. The maximum Gasteiger partial charge on any atom is 0.340 e. The quantitative estimate of drug-likeness (QED) is 0.464. The first-order chi connectivity index (χ1) is 16.0. The number of carbonyl (C=O) groups excluding carboxylic acids is 2. The van der Waals surface area contributed by atoms with Gasteiger partial charge >= 0.3 is 5.97 Å². The zero-order valence-electron chi connectivity index (χ0n) is 18.3. The lowest BCUT2D eigenvalue weighted by Crippen LogP contribution is -2.40. The summed E-state index contributed by atoms with van der Waals surface area (Å²) < 4.78 is 11.5. The summed E-state index contributed by atoms with van der Waals surface area (Å²) in [6.07, 6.45) is 1.65. The molecule has 33 heavy (non-hydrogen) atoms. The molecular formula is C24H25BrN4O4. The van der Waals surface area contributed by atoms with Gasteiger partial charge in [0.25, 0.3) is 0 Å². The standard InChI is InChI=1S/C24H25BrN4O4/c1-2-32-24(31)19-10-3-4-11-20(19)26-23(30)17-8-6-12-29(14-17)15-21-27-22(28-33-21)16-7-5-9-18(25)13-16/h3-5,7,9-11,13,17H,2,6,8,12,14-15H2,1H3,(H,26,30). The number of ether oxygens (including phenoxy) is 1. The Morgan fingerprint density at radius 2 is 2.09 bits per heavy atom. The maximum atomic E-state index is 13.0. The fourth-order valence-corrected chi connectivity index (χ4v) is 4.28. The average Bonchev–Trinajstić information content (AvgIpc) is 3.28. The van der Waals surface area contributed by atoms with E-state index in [0.29, 0.717) is 36.1 Å². The van der Waals surface area contributed by atoms with Gasteiger partial charge in [-0.05, 0) is 50.6 Å². The molecule has 0 aliphatic carbocycles. The number of nitrogens with one attached hydrogen (secondary N) is 1. The first-order valence-corrected chi connectivity index (χ1v) is 11.7. The highest BCUT2D eigenvalue weighted by Crippen LogP contribution is 2.24. The minimum absolute atomic E-state index is 0.114. The van der Waals surface area contributed by atoms with E-state index in [0.717, 1.165) is 29.4 Å². The molecule has 1 aromatic heterocycles. The van der Waals surface area contributed by atoms with Crippen LogP contribution in [0.5, 0.6) is 0 Å². The van der Waals surface area contributed by atoms with E-state index < -0.39 is 5.97 Å². The average molecular weight is 513 g/mol. The summed E-state index contributed by atoms with van der Waals surface area (Å²) in [7, 11) is 0. The van der Waals surface area contributed by atoms with Crippen LogP contribution in [0.3, 0.4) is 0 Å². The molecule has 4 rings (SSSR count). The van der Waals surface area contributed by atoms with Crippen molar-refractivity contribution in [3.05, 3.63) is 64.5 Å². The predicted molar refractivity (Wildman–Crippen MR) is 126 cm³/mol. The molecule has 3 aromatic rings. The van der Waals surface area contributed by atoms with Gasteiger partial charge < -0.3 is 14.6 Å². The Bertz CT molecular complexity index is 1130. The highest BCUT2D eigenvalue weighted by Gasteiger charge is 2.28. The lowest BCUT2D eigenvalue weighted by Gasteiger charge is -2.31. The number of esters is 1. The van der Waals surface area contributed by atoms with Gasteiger partial charge in [-0.15, -0.1) is 0 Å². The number of hydrogen-bond donors (Lipinski definition) is 1. The van der Waals surface area contributed by atoms with Gasteiger partial charge in [0.05, 0.1) is 30.3 Å². The number of rotatable bonds is 7. The summed E-state index contributed by atoms with van der Waals surface area (Å²) in [6, 6.07) is 14.6. The number of anilines is 1. The Balaban J connectivity index is 1.38. The number of amides is 1. The number of para-hydroxylation sites is 1. The Hall–Kier alpha value is -3.04. The number of halogens is 1. The van der Waals surface area contributed by atoms with Gasteiger partial charge in [0.15, 0.2) is 0 Å². The van der Waals surface area contributed by atoms with Crippen molar-refractivity contribution in [3.63, 3.8) is 0 Å². The van der Waals surface area contributed by atoms with E-state index in [1.165, 1.54) is 0 Å². The molecule has 9 heteroatoms. The number of carbonyl (C=O) groups is 2. The maximum absolute atomic E-state index is 13.0. The highest BCUT2D eigenvalue weighted by molar-refractivity contribution is 9.10. The molecule has 2 aromatic carbocycles. The van der Waals surface area contributed by atoms with Crippen LogP contribution in [0.25, 0.3) is 11.4 Å². The van der Waals surface area contributed by atoms with Crippen LogP contribution in [0.15, 0.2) is 57.5 Å². The third-order valence-electron chi connectivity index (χ3n) is 5.47. The first kappa shape index (κ1) is 23.1. The molecule has 1 unspecified atom stereocenters. The van der Waals surface area contributed by atoms with E-state index in [-0.39, 0.29) is 18.4 Å². The second-order valence-electron chi connectivity index (χ2n) is 7.85. The molecule has 0 saturated carbocycles. The molecule has 1 saturated heterocycles. The van der Waals surface area contributed by atoms with E-state index in [1.54, 1.807) is 31.2 Å². The summed E-state index contributed by atoms with van der Waals surface area (Å²) in [6.45, 7) is 3.92. The van der Waals surface area contributed by atoms with E-state index in [9.17, 15) is 9.59 Å². The third-order valence-corrected chi connectivity index (χ3v) is 5.96. The molecule has 172 valence electrons. The molecule has 1 fully saturated rings. The van der Waals surface area contributed by atoms with Crippen molar-refractivity contribution in [2.75, 3.05) is 25.0 Å². The van der Waals surface area contributed by atoms with Gasteiger partial charge in [-0.2, -0.15) is 4.98 Å². The molecule has 0 spiro atoms. The van der Waals surface area contributed by atoms with Crippen molar-refractivity contribution in [1.29, 1.82) is 0 Å². The number of piperidine rings is 1. The Labute approximate surface area is 200 Å². The smallest absolute Gasteiger partial charge is 0.340 e. The molecule has 1 aliphatic rings. The zero-order chi connectivity index (χ0) is 23.2. The fraction of sp³-hybridized carbons (Fsp3) is 0.333. The zero-order valence-corrected chi connectivity index (χ0v) is 19.9. The summed E-state index contributed by atoms with van der Waals surface area (Å²) in [4.78, 5) is 31.8. The lowest BCUT2D eigenvalue weighted by molar-refractivity contribution is -0.121. The second kappa shape index (κ2) is 10.7. The predicted octanol–water partition coefficient (Wildman–Crippen LogP) is 4.53. The van der Waals surface area contributed by atoms with Crippen molar-refractivity contribution in [3.8, 4) is 11.4 Å². The SMILES string of the molecule is CCOC(=O)c1ccccc1NC(=O)C1CCCN(Cc2nc(-c3cccc(Br)c3)no2)C1. The van der Waals surface area contributed by atoms with Crippen molar-refractivity contribution in [2.45, 2.75) is 26.3 Å². The first-order valence-electron chi connectivity index (χ1n) is 10.9. The molecule has 1 aliphatic heterocycles. The summed E-state index contributed by atoms with van der Waals surface area (Å²) in [5, 5.41) is 7.00. The van der Waals surface area contributed by atoms with Gasteiger partial charge in [0, 0.05) is 16.6 Å². The van der Waals surface area contributed by atoms with Gasteiger partial charge in [0.1, 0.15) is 0 Å². The Kier molecular flexibility index (Phi) is 7.51. The Morgan fingerprint density at radius 3 is 2.91 bits per heavy atom. The van der Waals surface area contributed by atoms with Crippen LogP contribution >= 0.6 is 15.9 Å². The molecule has 1 amide bonds. The minimum atomic E-state index is -0.448. The van der Waals surface area contributed by atoms with Gasteiger partial charge in [-0.3, -0.25) is 9.69 Å². The molecule has 0 radical (unpaired) electrons. The van der Waals surface area contributed by atoms with Crippen LogP contribution in [0.2, 0.25) is 0 Å². The number of likely N-dealkylation sites (tertiary alicyclic amines) is 1. The van der Waals surface area contributed by atoms with Crippen molar-refractivity contribution in [2.24, 2.45) is 5.92 Å². The van der Waals surface area contributed by atoms with Crippen LogP contribution in [0.1, 0.15) is 36.0 Å². The van der Waals surface area contributed by atoms with Crippen LogP contribution in [-0.2, 0) is 16.1 Å². The molecule has 0 bridgehead atoms. The molecule has 2 heterocycles. The van der Waals surface area contributed by atoms with Crippen LogP contribution < -0.4 is 5.32 Å². The van der Waals surface area contributed by atoms with E-state index >= 15 is 0 Å². The van der Waals surface area contributed by atoms with E-state index in [1.807, 2.05) is 24.3 Å². The molecule has 8 nitrogen and oxygen atoms in total. The summed E-state index contributed by atoms with van der Waals surface area (Å²) in [5.74, 6) is 0.279. The Morgan fingerprint density at radius 1 is 1.24 bits per heavy atom. The monoisotopic (exact) mass is 512 g/mol. The summed E-state index contributed by atoms with van der Waals surface area (Å²) in [5.41, 5.74) is 1.69. The van der Waals surface area contributed by atoms with Gasteiger partial charge in [-0.1, -0.05) is 45.4 Å². The molecular weight excluding hydrogens is 488 g/mol. The van der Waals surface area contributed by atoms with Crippen molar-refractivity contribution in [1.82, 2.24) is 15.0 Å². The number of nitrogens with zero attached hydrogens (tertiary/aromatic N) is 3. The van der Waals surface area contributed by atoms with Crippen molar-refractivity contribution >= 4 is 33.5 Å². The van der Waals surface area contributed by atoms with E-state index in [4.69, 9.17) is 9.26 Å². The van der Waals surface area contributed by atoms with Gasteiger partial charge in [0.2, 0.25) is 17.6 Å². The fourth-order valence-electron chi connectivity index (χ4n) is 3.88. The normalized spacial score (nSPS) is 16.4. The molecule has 1 atom stereocenters. The highest BCUT2D eigenvalue weighted by atomic mass is 79.9. The van der Waals surface area contributed by atoms with Crippen LogP contribution in [-0.4, -0.2) is 46.6 Å². The van der Waals surface area contributed by atoms with Crippen LogP contribution in [0.4, 0.5) is 5.69 Å². The van der Waals surface area contributed by atoms with E-state index in [2.05, 4.69) is 36.3 Å². The summed E-state index contributed by atoms with van der Waals surface area (Å²) >= 11 is 3.45. The number of aromatic nitrogens is 2.